The minimum absolute atomic E-state index is 0.0883. The van der Waals surface area contributed by atoms with Gasteiger partial charge in [-0.3, -0.25) is 14.9 Å². The van der Waals surface area contributed by atoms with Gasteiger partial charge >= 0.3 is 5.69 Å². The second kappa shape index (κ2) is 6.01. The first kappa shape index (κ1) is 16.8. The molecule has 1 rings (SSSR count). The minimum Gasteiger partial charge on any atom is -0.473 e. The molecule has 0 spiro atoms. The summed E-state index contributed by atoms with van der Waals surface area (Å²) < 4.78 is 40.9. The number of halogens is 1. The van der Waals surface area contributed by atoms with E-state index in [9.17, 15) is 27.7 Å². The van der Waals surface area contributed by atoms with E-state index in [-0.39, 0.29) is 6.42 Å². The van der Waals surface area contributed by atoms with Gasteiger partial charge in [-0.05, 0) is 6.42 Å². The molecule has 4 N–H and O–H groups in total. The van der Waals surface area contributed by atoms with Crippen LogP contribution in [-0.4, -0.2) is 25.4 Å². The second-order valence-electron chi connectivity index (χ2n) is 3.97. The van der Waals surface area contributed by atoms with Gasteiger partial charge in [-0.2, -0.15) is 0 Å². The fraction of sp³-hybridized carbons (Fsp3) is 0.300. The Bertz CT molecular complexity index is 690. The Labute approximate surface area is 118 Å². The van der Waals surface area contributed by atoms with Crippen LogP contribution < -0.4 is 15.6 Å². The number of amides is 1. The highest BCUT2D eigenvalue weighted by Crippen LogP contribution is 2.32. The van der Waals surface area contributed by atoms with E-state index >= 15 is 0 Å². The number of hydrogen-bond acceptors (Lipinski definition) is 6. The van der Waals surface area contributed by atoms with Crippen LogP contribution in [0.3, 0.4) is 0 Å². The molecule has 0 aliphatic carbocycles. The number of nitrogens with two attached hydrogens (primary N) is 2. The molecule has 0 saturated carbocycles. The Morgan fingerprint density at radius 1 is 1.52 bits per heavy atom. The molecule has 9 nitrogen and oxygen atoms in total. The molecule has 1 unspecified atom stereocenters. The molecule has 11 heteroatoms. The number of primary amides is 1. The smallest absolute Gasteiger partial charge is 0.312 e. The SMILES string of the molecule is CCC(Oc1cc(F)c(S(N)(=O)=O)cc1[N+](=O)[O-])C(N)=O. The molecule has 116 valence electrons. The number of nitro benzene ring substituents is 1. The van der Waals surface area contributed by atoms with Gasteiger partial charge in [0.25, 0.3) is 5.91 Å². The van der Waals surface area contributed by atoms with Crippen LogP contribution in [0.2, 0.25) is 0 Å². The molecular weight excluding hydrogens is 309 g/mol. The Hall–Kier alpha value is -2.27. The van der Waals surface area contributed by atoms with Gasteiger partial charge in [-0.15, -0.1) is 0 Å². The predicted octanol–water partition coefficient (Wildman–Crippen LogP) is 0.0240. The molecule has 1 atom stereocenters. The van der Waals surface area contributed by atoms with Gasteiger partial charge in [0.15, 0.2) is 6.10 Å². The maximum atomic E-state index is 13.7. The topological polar surface area (TPSA) is 156 Å². The summed E-state index contributed by atoms with van der Waals surface area (Å²) in [6.07, 6.45) is -1.13. The molecule has 1 aromatic rings. The highest BCUT2D eigenvalue weighted by molar-refractivity contribution is 7.89. The van der Waals surface area contributed by atoms with E-state index < -0.39 is 49.1 Å². The van der Waals surface area contributed by atoms with Gasteiger partial charge in [0.2, 0.25) is 15.8 Å². The number of sulfonamides is 1. The van der Waals surface area contributed by atoms with E-state index in [1.54, 1.807) is 0 Å². The average molecular weight is 321 g/mol. The average Bonchev–Trinajstić information content (AvgIpc) is 2.33. The third-order valence-corrected chi connectivity index (χ3v) is 3.40. The predicted molar refractivity (Wildman–Crippen MR) is 68.3 cm³/mol. The highest BCUT2D eigenvalue weighted by atomic mass is 32.2. The first-order valence-electron chi connectivity index (χ1n) is 5.54. The molecule has 1 amide bonds. The first-order valence-corrected chi connectivity index (χ1v) is 7.09. The number of nitrogens with zero attached hydrogens (tertiary/aromatic N) is 1. The molecular formula is C10H12FN3O6S. The van der Waals surface area contributed by atoms with Crippen LogP contribution in [0.5, 0.6) is 5.75 Å². The lowest BCUT2D eigenvalue weighted by atomic mass is 10.2. The van der Waals surface area contributed by atoms with E-state index in [0.717, 1.165) is 0 Å². The Morgan fingerprint density at radius 2 is 2.10 bits per heavy atom. The van der Waals surface area contributed by atoms with Crippen molar-refractivity contribution in [3.63, 3.8) is 0 Å². The molecule has 0 aromatic heterocycles. The Balaban J connectivity index is 3.43. The van der Waals surface area contributed by atoms with Crippen molar-refractivity contribution >= 4 is 21.6 Å². The number of hydrogen-bond donors (Lipinski definition) is 2. The van der Waals surface area contributed by atoms with Crippen molar-refractivity contribution < 1.29 is 27.3 Å². The van der Waals surface area contributed by atoms with Crippen molar-refractivity contribution in [1.29, 1.82) is 0 Å². The van der Waals surface area contributed by atoms with Gasteiger partial charge in [0.05, 0.1) is 4.92 Å². The summed E-state index contributed by atoms with van der Waals surface area (Å²) in [4.78, 5) is 19.9. The van der Waals surface area contributed by atoms with Crippen LogP contribution in [0.1, 0.15) is 13.3 Å². The summed E-state index contributed by atoms with van der Waals surface area (Å²) in [6, 6.07) is 0.900. The molecule has 1 aromatic carbocycles. The summed E-state index contributed by atoms with van der Waals surface area (Å²) in [5.74, 6) is -2.85. The van der Waals surface area contributed by atoms with E-state index in [0.29, 0.717) is 12.1 Å². The monoisotopic (exact) mass is 321 g/mol. The second-order valence-corrected chi connectivity index (χ2v) is 5.50. The fourth-order valence-corrected chi connectivity index (χ4v) is 2.08. The van der Waals surface area contributed by atoms with Gasteiger partial charge in [0, 0.05) is 12.1 Å². The van der Waals surface area contributed by atoms with Crippen molar-refractivity contribution in [3.05, 3.63) is 28.1 Å². The zero-order valence-corrected chi connectivity index (χ0v) is 11.6. The van der Waals surface area contributed by atoms with Crippen LogP contribution in [0.25, 0.3) is 0 Å². The molecule has 21 heavy (non-hydrogen) atoms. The number of ether oxygens (including phenoxy) is 1. The normalized spacial score (nSPS) is 12.7. The zero-order valence-electron chi connectivity index (χ0n) is 10.8. The number of nitro groups is 1. The van der Waals surface area contributed by atoms with Crippen LogP contribution in [0.15, 0.2) is 17.0 Å². The van der Waals surface area contributed by atoms with Crippen molar-refractivity contribution in [2.24, 2.45) is 10.9 Å². The third-order valence-electron chi connectivity index (χ3n) is 2.47. The van der Waals surface area contributed by atoms with Crippen molar-refractivity contribution in [1.82, 2.24) is 0 Å². The largest absolute Gasteiger partial charge is 0.473 e. The number of benzene rings is 1. The zero-order chi connectivity index (χ0) is 16.4. The van der Waals surface area contributed by atoms with Gasteiger partial charge in [0.1, 0.15) is 10.7 Å². The van der Waals surface area contributed by atoms with Crippen LogP contribution in [0.4, 0.5) is 10.1 Å². The molecule has 0 radical (unpaired) electrons. The molecule has 0 fully saturated rings. The quantitative estimate of drug-likeness (QED) is 0.556. The maximum absolute atomic E-state index is 13.7. The van der Waals surface area contributed by atoms with Crippen molar-refractivity contribution in [3.8, 4) is 5.75 Å². The molecule has 0 bridgehead atoms. The molecule has 0 heterocycles. The standard InChI is InChI=1S/C10H12FN3O6S/c1-2-7(10(12)15)20-8-3-5(11)9(21(13,18)19)4-6(8)14(16)17/h3-4,7H,2H2,1H3,(H2,12,15)(H2,13,18,19). The van der Waals surface area contributed by atoms with Crippen LogP contribution in [0, 0.1) is 15.9 Å². The molecule has 0 aliphatic heterocycles. The lowest BCUT2D eigenvalue weighted by Gasteiger charge is -2.14. The Kier molecular flexibility index (Phi) is 4.80. The van der Waals surface area contributed by atoms with Crippen LogP contribution >= 0.6 is 0 Å². The summed E-state index contributed by atoms with van der Waals surface area (Å²) >= 11 is 0. The lowest BCUT2D eigenvalue weighted by molar-refractivity contribution is -0.386. The number of carbonyl (C=O) groups excluding carboxylic acids is 1. The highest BCUT2D eigenvalue weighted by Gasteiger charge is 2.27. The van der Waals surface area contributed by atoms with Gasteiger partial charge < -0.3 is 10.5 Å². The lowest BCUT2D eigenvalue weighted by Crippen LogP contribution is -2.33. The van der Waals surface area contributed by atoms with E-state index in [1.807, 2.05) is 0 Å². The van der Waals surface area contributed by atoms with Gasteiger partial charge in [-0.1, -0.05) is 6.92 Å². The molecule has 0 saturated heterocycles. The summed E-state index contributed by atoms with van der Waals surface area (Å²) in [5.41, 5.74) is 4.17. The summed E-state index contributed by atoms with van der Waals surface area (Å²) in [5, 5.41) is 15.7. The minimum atomic E-state index is -4.48. The summed E-state index contributed by atoms with van der Waals surface area (Å²) in [7, 11) is -4.48. The number of primary sulfonamides is 1. The van der Waals surface area contributed by atoms with E-state index in [4.69, 9.17) is 15.6 Å². The number of carbonyl (C=O) groups is 1. The first-order chi connectivity index (χ1) is 9.57. The van der Waals surface area contributed by atoms with Crippen molar-refractivity contribution in [2.45, 2.75) is 24.3 Å². The van der Waals surface area contributed by atoms with E-state index in [1.165, 1.54) is 6.92 Å². The maximum Gasteiger partial charge on any atom is 0.312 e. The fourth-order valence-electron chi connectivity index (χ4n) is 1.48. The third kappa shape index (κ3) is 3.86. The number of rotatable bonds is 6. The van der Waals surface area contributed by atoms with E-state index in [2.05, 4.69) is 0 Å². The van der Waals surface area contributed by atoms with Gasteiger partial charge in [-0.25, -0.2) is 17.9 Å². The Morgan fingerprint density at radius 3 is 2.48 bits per heavy atom. The van der Waals surface area contributed by atoms with Crippen LogP contribution in [-0.2, 0) is 14.8 Å². The molecule has 0 aliphatic rings. The van der Waals surface area contributed by atoms with Crippen molar-refractivity contribution in [2.75, 3.05) is 0 Å². The summed E-state index contributed by atoms with van der Waals surface area (Å²) in [6.45, 7) is 1.52.